The maximum absolute atomic E-state index is 12.3. The first-order valence-electron chi connectivity index (χ1n) is 6.52. The molecule has 2 aromatic heterocycles. The molecule has 2 heterocycles. The maximum Gasteiger partial charge on any atom is 0.275 e. The Morgan fingerprint density at radius 2 is 2.04 bits per heavy atom. The molecule has 3 rings (SSSR count). The van der Waals surface area contributed by atoms with Crippen LogP contribution in [0.5, 0.6) is 0 Å². The van der Waals surface area contributed by atoms with Crippen molar-refractivity contribution in [3.63, 3.8) is 0 Å². The van der Waals surface area contributed by atoms with Gasteiger partial charge in [0, 0.05) is 5.69 Å². The first kappa shape index (κ1) is 15.4. The van der Waals surface area contributed by atoms with Crippen LogP contribution >= 0.6 is 23.2 Å². The first-order chi connectivity index (χ1) is 11.0. The number of rotatable bonds is 3. The van der Waals surface area contributed by atoms with Gasteiger partial charge in [0.2, 0.25) is 0 Å². The molecule has 3 aromatic rings. The molecule has 1 aromatic carbocycles. The summed E-state index contributed by atoms with van der Waals surface area (Å²) in [7, 11) is 0. The average Bonchev–Trinajstić information content (AvgIpc) is 3.05. The van der Waals surface area contributed by atoms with E-state index in [1.54, 1.807) is 12.1 Å². The molecular formula is C14H10Cl2N6O. The Morgan fingerprint density at radius 3 is 2.78 bits per heavy atom. The van der Waals surface area contributed by atoms with E-state index < -0.39 is 5.91 Å². The predicted molar refractivity (Wildman–Crippen MR) is 86.1 cm³/mol. The van der Waals surface area contributed by atoms with Crippen LogP contribution in [0.3, 0.4) is 0 Å². The number of carbonyl (C=O) groups is 1. The van der Waals surface area contributed by atoms with Gasteiger partial charge >= 0.3 is 0 Å². The van der Waals surface area contributed by atoms with Gasteiger partial charge in [0.1, 0.15) is 17.2 Å². The number of benzene rings is 1. The van der Waals surface area contributed by atoms with Crippen LogP contribution in [0.4, 0.5) is 5.69 Å². The maximum atomic E-state index is 12.3. The van der Waals surface area contributed by atoms with Gasteiger partial charge in [0.15, 0.2) is 0 Å². The molecule has 0 aliphatic carbocycles. The van der Waals surface area contributed by atoms with Crippen LogP contribution < -0.4 is 5.32 Å². The van der Waals surface area contributed by atoms with E-state index in [1.807, 2.05) is 13.0 Å². The van der Waals surface area contributed by atoms with Gasteiger partial charge in [0.05, 0.1) is 10.7 Å². The second-order valence-corrected chi connectivity index (χ2v) is 5.47. The van der Waals surface area contributed by atoms with Crippen molar-refractivity contribution in [3.8, 4) is 5.69 Å². The van der Waals surface area contributed by atoms with E-state index in [-0.39, 0.29) is 15.9 Å². The van der Waals surface area contributed by atoms with E-state index in [9.17, 15) is 4.79 Å². The number of anilines is 1. The predicted octanol–water partition coefficient (Wildman–Crippen LogP) is 2.92. The minimum absolute atomic E-state index is 0.0590. The molecule has 0 aliphatic rings. The SMILES string of the molecule is Cc1ccc(NC(=O)c2nc(Cl)ccc2Cl)cc1-n1cnnn1. The quantitative estimate of drug-likeness (QED) is 0.735. The number of carbonyl (C=O) groups excluding carboxylic acids is 1. The van der Waals surface area contributed by atoms with Crippen LogP contribution in [0.15, 0.2) is 36.7 Å². The fourth-order valence-corrected chi connectivity index (χ4v) is 2.31. The number of tetrazole rings is 1. The highest BCUT2D eigenvalue weighted by atomic mass is 35.5. The lowest BCUT2D eigenvalue weighted by atomic mass is 10.2. The van der Waals surface area contributed by atoms with Crippen molar-refractivity contribution < 1.29 is 4.79 Å². The summed E-state index contributed by atoms with van der Waals surface area (Å²) in [6, 6.07) is 8.40. The largest absolute Gasteiger partial charge is 0.321 e. The highest BCUT2D eigenvalue weighted by Crippen LogP contribution is 2.21. The van der Waals surface area contributed by atoms with E-state index in [2.05, 4.69) is 25.8 Å². The summed E-state index contributed by atoms with van der Waals surface area (Å²) >= 11 is 11.8. The number of aryl methyl sites for hydroxylation is 1. The monoisotopic (exact) mass is 348 g/mol. The Labute approximate surface area is 141 Å². The molecule has 0 atom stereocenters. The summed E-state index contributed by atoms with van der Waals surface area (Å²) in [4.78, 5) is 16.2. The molecule has 0 fully saturated rings. The highest BCUT2D eigenvalue weighted by Gasteiger charge is 2.14. The van der Waals surface area contributed by atoms with Crippen LogP contribution in [-0.4, -0.2) is 31.1 Å². The molecule has 0 bridgehead atoms. The number of aromatic nitrogens is 5. The van der Waals surface area contributed by atoms with Crippen molar-refractivity contribution >= 4 is 34.8 Å². The van der Waals surface area contributed by atoms with E-state index in [1.165, 1.54) is 23.1 Å². The molecule has 9 heteroatoms. The number of hydrogen-bond donors (Lipinski definition) is 1. The van der Waals surface area contributed by atoms with Gasteiger partial charge in [-0.25, -0.2) is 9.67 Å². The van der Waals surface area contributed by atoms with Crippen molar-refractivity contribution in [1.29, 1.82) is 0 Å². The van der Waals surface area contributed by atoms with Crippen molar-refractivity contribution in [2.45, 2.75) is 6.92 Å². The molecule has 7 nitrogen and oxygen atoms in total. The summed E-state index contributed by atoms with van der Waals surface area (Å²) in [6.07, 6.45) is 1.48. The number of nitrogens with one attached hydrogen (secondary N) is 1. The van der Waals surface area contributed by atoms with E-state index in [4.69, 9.17) is 23.2 Å². The third-order valence-electron chi connectivity index (χ3n) is 3.09. The lowest BCUT2D eigenvalue weighted by molar-refractivity contribution is 0.102. The molecule has 0 saturated heterocycles. The van der Waals surface area contributed by atoms with E-state index in [0.29, 0.717) is 5.69 Å². The summed E-state index contributed by atoms with van der Waals surface area (Å²) < 4.78 is 1.51. The minimum Gasteiger partial charge on any atom is -0.321 e. The summed E-state index contributed by atoms with van der Waals surface area (Å²) in [5, 5.41) is 14.2. The summed E-state index contributed by atoms with van der Waals surface area (Å²) in [6.45, 7) is 1.91. The lowest BCUT2D eigenvalue weighted by Crippen LogP contribution is -2.15. The Kier molecular flexibility index (Phi) is 4.22. The molecule has 1 N–H and O–H groups in total. The normalized spacial score (nSPS) is 10.6. The number of pyridine rings is 1. The van der Waals surface area contributed by atoms with Crippen molar-refractivity contribution in [2.75, 3.05) is 5.32 Å². The minimum atomic E-state index is -0.455. The van der Waals surface area contributed by atoms with Crippen LogP contribution in [0.1, 0.15) is 16.1 Å². The summed E-state index contributed by atoms with van der Waals surface area (Å²) in [5.41, 5.74) is 2.32. The number of nitrogens with zero attached hydrogens (tertiary/aromatic N) is 5. The molecule has 23 heavy (non-hydrogen) atoms. The fraction of sp³-hybridized carbons (Fsp3) is 0.0714. The van der Waals surface area contributed by atoms with Crippen LogP contribution in [0, 0.1) is 6.92 Å². The zero-order chi connectivity index (χ0) is 16.4. The number of halogens is 2. The van der Waals surface area contributed by atoms with E-state index >= 15 is 0 Å². The molecule has 0 spiro atoms. The van der Waals surface area contributed by atoms with Gasteiger partial charge in [-0.2, -0.15) is 0 Å². The van der Waals surface area contributed by atoms with Gasteiger partial charge < -0.3 is 5.32 Å². The number of hydrogen-bond acceptors (Lipinski definition) is 5. The van der Waals surface area contributed by atoms with Crippen molar-refractivity contribution in [2.24, 2.45) is 0 Å². The third-order valence-corrected chi connectivity index (χ3v) is 3.61. The Balaban J connectivity index is 1.90. The molecule has 116 valence electrons. The molecule has 1 amide bonds. The summed E-state index contributed by atoms with van der Waals surface area (Å²) in [5.74, 6) is -0.455. The lowest BCUT2D eigenvalue weighted by Gasteiger charge is -2.10. The van der Waals surface area contributed by atoms with Gasteiger partial charge in [-0.3, -0.25) is 4.79 Å². The Morgan fingerprint density at radius 1 is 1.22 bits per heavy atom. The standard InChI is InChI=1S/C14H10Cl2N6O/c1-8-2-3-9(6-11(8)22-7-17-20-21-22)18-14(23)13-10(15)4-5-12(16)19-13/h2-7H,1H3,(H,18,23). The topological polar surface area (TPSA) is 85.6 Å². The van der Waals surface area contributed by atoms with Crippen LogP contribution in [0.25, 0.3) is 5.69 Å². The van der Waals surface area contributed by atoms with E-state index in [0.717, 1.165) is 11.3 Å². The molecule has 0 aliphatic heterocycles. The zero-order valence-corrected chi connectivity index (χ0v) is 13.4. The second-order valence-electron chi connectivity index (χ2n) is 4.67. The number of amides is 1. The fourth-order valence-electron chi connectivity index (χ4n) is 1.97. The van der Waals surface area contributed by atoms with Crippen molar-refractivity contribution in [3.05, 3.63) is 58.1 Å². The van der Waals surface area contributed by atoms with Crippen LogP contribution in [0.2, 0.25) is 10.2 Å². The third kappa shape index (κ3) is 3.30. The highest BCUT2D eigenvalue weighted by molar-refractivity contribution is 6.35. The molecular weight excluding hydrogens is 339 g/mol. The van der Waals surface area contributed by atoms with Crippen LogP contribution in [-0.2, 0) is 0 Å². The van der Waals surface area contributed by atoms with Gasteiger partial charge in [0.25, 0.3) is 5.91 Å². The van der Waals surface area contributed by atoms with Gasteiger partial charge in [-0.05, 0) is 47.2 Å². The Hall–Kier alpha value is -2.51. The smallest absolute Gasteiger partial charge is 0.275 e. The molecule has 0 saturated carbocycles. The average molecular weight is 349 g/mol. The van der Waals surface area contributed by atoms with Crippen molar-refractivity contribution in [1.82, 2.24) is 25.2 Å². The van der Waals surface area contributed by atoms with Gasteiger partial charge in [-0.1, -0.05) is 29.3 Å². The molecule has 0 radical (unpaired) electrons. The second kappa shape index (κ2) is 6.31. The zero-order valence-electron chi connectivity index (χ0n) is 11.9. The first-order valence-corrected chi connectivity index (χ1v) is 7.27. The van der Waals surface area contributed by atoms with Gasteiger partial charge in [-0.15, -0.1) is 5.10 Å². The molecule has 0 unspecified atom stereocenters. The Bertz CT molecular complexity index is 866.